The lowest BCUT2D eigenvalue weighted by Crippen LogP contribution is -2.13. The summed E-state index contributed by atoms with van der Waals surface area (Å²) in [5.74, 6) is 0.406. The van der Waals surface area contributed by atoms with Crippen LogP contribution in [-0.4, -0.2) is 14.4 Å². The lowest BCUT2D eigenvalue weighted by atomic mass is 9.91. The van der Waals surface area contributed by atoms with Crippen molar-refractivity contribution in [1.82, 2.24) is 14.4 Å². The zero-order valence-electron chi connectivity index (χ0n) is 12.8. The van der Waals surface area contributed by atoms with E-state index in [0.29, 0.717) is 5.92 Å². The van der Waals surface area contributed by atoms with Crippen molar-refractivity contribution < 1.29 is 0 Å². The maximum Gasteiger partial charge on any atom is 0.0908 e. The van der Waals surface area contributed by atoms with E-state index >= 15 is 0 Å². The molecule has 0 atom stereocenters. The molecule has 0 bridgehead atoms. The summed E-state index contributed by atoms with van der Waals surface area (Å²) in [6.45, 7) is 10.9. The SMILES string of the molecule is CC(C)c1nc2cc(C(C)(C)C)ncc2n2cccc12. The molecule has 0 spiro atoms. The average Bonchev–Trinajstić information content (AvgIpc) is 2.84. The van der Waals surface area contributed by atoms with Crippen molar-refractivity contribution in [2.24, 2.45) is 0 Å². The van der Waals surface area contributed by atoms with E-state index in [4.69, 9.17) is 4.98 Å². The first kappa shape index (κ1) is 13.1. The fourth-order valence-corrected chi connectivity index (χ4v) is 2.53. The fourth-order valence-electron chi connectivity index (χ4n) is 2.53. The van der Waals surface area contributed by atoms with Crippen LogP contribution in [0.25, 0.3) is 16.6 Å². The zero-order valence-corrected chi connectivity index (χ0v) is 12.8. The maximum absolute atomic E-state index is 4.89. The second-order valence-corrected chi connectivity index (χ2v) is 6.72. The monoisotopic (exact) mass is 267 g/mol. The average molecular weight is 267 g/mol. The Morgan fingerprint density at radius 1 is 1.15 bits per heavy atom. The molecule has 0 saturated heterocycles. The molecule has 3 heterocycles. The summed E-state index contributed by atoms with van der Waals surface area (Å²) in [6.07, 6.45) is 4.03. The van der Waals surface area contributed by atoms with E-state index in [2.05, 4.69) is 68.4 Å². The second kappa shape index (κ2) is 4.30. The van der Waals surface area contributed by atoms with E-state index in [9.17, 15) is 0 Å². The first-order valence-corrected chi connectivity index (χ1v) is 7.15. The van der Waals surface area contributed by atoms with E-state index in [-0.39, 0.29) is 5.41 Å². The summed E-state index contributed by atoms with van der Waals surface area (Å²) in [6, 6.07) is 6.32. The van der Waals surface area contributed by atoms with Crippen LogP contribution in [0.15, 0.2) is 30.6 Å². The Morgan fingerprint density at radius 3 is 2.55 bits per heavy atom. The van der Waals surface area contributed by atoms with Crippen molar-refractivity contribution in [3.63, 3.8) is 0 Å². The van der Waals surface area contributed by atoms with Crippen LogP contribution >= 0.6 is 0 Å². The summed E-state index contributed by atoms with van der Waals surface area (Å²) >= 11 is 0. The summed E-state index contributed by atoms with van der Waals surface area (Å²) in [4.78, 5) is 9.51. The Bertz CT molecular complexity index is 776. The van der Waals surface area contributed by atoms with Crippen molar-refractivity contribution in [2.75, 3.05) is 0 Å². The van der Waals surface area contributed by atoms with Gasteiger partial charge in [-0.1, -0.05) is 34.6 Å². The molecule has 104 valence electrons. The molecular formula is C17H21N3. The minimum atomic E-state index is 0.0412. The van der Waals surface area contributed by atoms with Gasteiger partial charge in [0.25, 0.3) is 0 Å². The van der Waals surface area contributed by atoms with Crippen molar-refractivity contribution in [2.45, 2.75) is 46.0 Å². The highest BCUT2D eigenvalue weighted by Crippen LogP contribution is 2.27. The summed E-state index contributed by atoms with van der Waals surface area (Å²) in [7, 11) is 0. The van der Waals surface area contributed by atoms with Gasteiger partial charge in [0.15, 0.2) is 0 Å². The number of hydrogen-bond acceptors (Lipinski definition) is 2. The first-order chi connectivity index (χ1) is 9.38. The molecule has 3 rings (SSSR count). The molecule has 0 aliphatic carbocycles. The molecule has 0 N–H and O–H groups in total. The first-order valence-electron chi connectivity index (χ1n) is 7.15. The van der Waals surface area contributed by atoms with Crippen molar-refractivity contribution >= 4 is 16.6 Å². The van der Waals surface area contributed by atoms with Crippen LogP contribution in [0, 0.1) is 0 Å². The maximum atomic E-state index is 4.89. The Balaban J connectivity index is 2.38. The van der Waals surface area contributed by atoms with Gasteiger partial charge in [0.2, 0.25) is 0 Å². The largest absolute Gasteiger partial charge is 0.312 e. The van der Waals surface area contributed by atoms with E-state index in [1.54, 1.807) is 0 Å². The Labute approximate surface area is 119 Å². The number of nitrogens with zero attached hydrogens (tertiary/aromatic N) is 3. The normalized spacial score (nSPS) is 12.7. The van der Waals surface area contributed by atoms with Crippen LogP contribution in [0.4, 0.5) is 0 Å². The lowest BCUT2D eigenvalue weighted by molar-refractivity contribution is 0.570. The topological polar surface area (TPSA) is 30.2 Å². The summed E-state index contributed by atoms with van der Waals surface area (Å²) in [5.41, 5.74) is 5.55. The number of pyridine rings is 1. The predicted octanol–water partition coefficient (Wildman–Crippen LogP) is 4.30. The van der Waals surface area contributed by atoms with Crippen LogP contribution in [0.2, 0.25) is 0 Å². The minimum Gasteiger partial charge on any atom is -0.312 e. The van der Waals surface area contributed by atoms with Gasteiger partial charge in [-0.2, -0.15) is 0 Å². The van der Waals surface area contributed by atoms with Crippen LogP contribution in [0.5, 0.6) is 0 Å². The van der Waals surface area contributed by atoms with E-state index in [1.165, 1.54) is 5.52 Å². The van der Waals surface area contributed by atoms with Crippen molar-refractivity contribution in [3.8, 4) is 0 Å². The molecule has 0 fully saturated rings. The van der Waals surface area contributed by atoms with Crippen LogP contribution in [-0.2, 0) is 5.41 Å². The highest BCUT2D eigenvalue weighted by molar-refractivity contribution is 5.79. The highest BCUT2D eigenvalue weighted by Gasteiger charge is 2.18. The van der Waals surface area contributed by atoms with E-state index < -0.39 is 0 Å². The van der Waals surface area contributed by atoms with Gasteiger partial charge in [-0.05, 0) is 24.1 Å². The molecule has 3 heteroatoms. The smallest absolute Gasteiger partial charge is 0.0908 e. The van der Waals surface area contributed by atoms with Gasteiger partial charge < -0.3 is 4.40 Å². The molecule has 0 saturated carbocycles. The second-order valence-electron chi connectivity index (χ2n) is 6.72. The highest BCUT2D eigenvalue weighted by atomic mass is 14.9. The summed E-state index contributed by atoms with van der Waals surface area (Å²) < 4.78 is 2.19. The molecule has 3 nitrogen and oxygen atoms in total. The standard InChI is InChI=1S/C17H21N3/c1-11(2)16-13-7-6-8-20(13)14-10-18-15(17(3,4)5)9-12(14)19-16/h6-11H,1-5H3. The molecule has 20 heavy (non-hydrogen) atoms. The fraction of sp³-hybridized carbons (Fsp3) is 0.412. The third kappa shape index (κ3) is 1.98. The Kier molecular flexibility index (Phi) is 2.82. The number of hydrogen-bond donors (Lipinski definition) is 0. The molecule has 3 aromatic rings. The van der Waals surface area contributed by atoms with Gasteiger partial charge in [0.05, 0.1) is 28.4 Å². The minimum absolute atomic E-state index is 0.0412. The molecule has 0 aromatic carbocycles. The zero-order chi connectivity index (χ0) is 14.5. The Hall–Kier alpha value is -1.90. The van der Waals surface area contributed by atoms with Crippen molar-refractivity contribution in [1.29, 1.82) is 0 Å². The van der Waals surface area contributed by atoms with Crippen LogP contribution < -0.4 is 0 Å². The third-order valence-corrected chi connectivity index (χ3v) is 3.69. The molecule has 0 aliphatic heterocycles. The number of rotatable bonds is 1. The van der Waals surface area contributed by atoms with Gasteiger partial charge in [0.1, 0.15) is 0 Å². The number of fused-ring (bicyclic) bond motifs is 3. The van der Waals surface area contributed by atoms with Gasteiger partial charge in [0, 0.05) is 17.3 Å². The molecule has 3 aromatic heterocycles. The predicted molar refractivity (Wildman–Crippen MR) is 83.3 cm³/mol. The molecule has 0 aliphatic rings. The number of aromatic nitrogens is 3. The van der Waals surface area contributed by atoms with Gasteiger partial charge in [-0.25, -0.2) is 4.98 Å². The van der Waals surface area contributed by atoms with E-state index in [0.717, 1.165) is 22.4 Å². The van der Waals surface area contributed by atoms with Crippen LogP contribution in [0.1, 0.15) is 51.9 Å². The third-order valence-electron chi connectivity index (χ3n) is 3.69. The van der Waals surface area contributed by atoms with Gasteiger partial charge in [-0.15, -0.1) is 0 Å². The summed E-state index contributed by atoms with van der Waals surface area (Å²) in [5, 5.41) is 0. The Morgan fingerprint density at radius 2 is 1.90 bits per heavy atom. The van der Waals surface area contributed by atoms with Crippen molar-refractivity contribution in [3.05, 3.63) is 42.0 Å². The molecule has 0 amide bonds. The quantitative estimate of drug-likeness (QED) is 0.658. The van der Waals surface area contributed by atoms with Gasteiger partial charge >= 0.3 is 0 Å². The molecular weight excluding hydrogens is 246 g/mol. The van der Waals surface area contributed by atoms with Crippen LogP contribution in [0.3, 0.4) is 0 Å². The lowest BCUT2D eigenvalue weighted by Gasteiger charge is -2.18. The molecule has 0 unspecified atom stereocenters. The van der Waals surface area contributed by atoms with Gasteiger partial charge in [-0.3, -0.25) is 4.98 Å². The molecule has 0 radical (unpaired) electrons. The van der Waals surface area contributed by atoms with E-state index in [1.807, 2.05) is 6.20 Å².